The summed E-state index contributed by atoms with van der Waals surface area (Å²) in [6.07, 6.45) is 1.81. The zero-order chi connectivity index (χ0) is 16.9. The van der Waals surface area contributed by atoms with Crippen molar-refractivity contribution >= 4 is 5.91 Å². The van der Waals surface area contributed by atoms with Crippen LogP contribution in [-0.2, 0) is 6.54 Å². The van der Waals surface area contributed by atoms with Crippen molar-refractivity contribution in [1.29, 1.82) is 0 Å². The average Bonchev–Trinajstić information content (AvgIpc) is 3.04. The molecule has 0 atom stereocenters. The number of amides is 1. The number of nitrogens with zero attached hydrogens (tertiary/aromatic N) is 3. The van der Waals surface area contributed by atoms with Gasteiger partial charge in [0.25, 0.3) is 5.91 Å². The van der Waals surface area contributed by atoms with Crippen LogP contribution >= 0.6 is 0 Å². The third-order valence-electron chi connectivity index (χ3n) is 3.60. The maximum Gasteiger partial charge on any atom is 0.254 e. The predicted molar refractivity (Wildman–Crippen MR) is 88.9 cm³/mol. The Balaban J connectivity index is 1.57. The summed E-state index contributed by atoms with van der Waals surface area (Å²) < 4.78 is 15.4. The summed E-state index contributed by atoms with van der Waals surface area (Å²) in [5.74, 6) is -0.949. The lowest BCUT2D eigenvalue weighted by molar-refractivity contribution is 0.0948. The highest BCUT2D eigenvalue weighted by Gasteiger charge is 2.11. The second kappa shape index (κ2) is 7.04. The number of aromatic nitrogens is 3. The van der Waals surface area contributed by atoms with Gasteiger partial charge in [-0.2, -0.15) is 0 Å². The van der Waals surface area contributed by atoms with Crippen LogP contribution in [0.25, 0.3) is 11.3 Å². The van der Waals surface area contributed by atoms with E-state index in [2.05, 4.69) is 15.6 Å². The fourth-order valence-corrected chi connectivity index (χ4v) is 2.33. The molecule has 24 heavy (non-hydrogen) atoms. The number of halogens is 1. The van der Waals surface area contributed by atoms with E-state index in [0.29, 0.717) is 13.1 Å². The quantitative estimate of drug-likeness (QED) is 0.785. The number of carbonyl (C=O) groups is 1. The molecule has 1 aromatic heterocycles. The second-order valence-electron chi connectivity index (χ2n) is 5.47. The van der Waals surface area contributed by atoms with Gasteiger partial charge in [0, 0.05) is 12.1 Å². The van der Waals surface area contributed by atoms with Crippen LogP contribution in [-0.4, -0.2) is 27.4 Å². The highest BCUT2D eigenvalue weighted by atomic mass is 19.1. The highest BCUT2D eigenvalue weighted by Crippen LogP contribution is 2.14. The molecule has 1 N–H and O–H groups in total. The first-order valence-corrected chi connectivity index (χ1v) is 7.63. The number of aryl methyl sites for hydroxylation is 1. The minimum atomic E-state index is -0.514. The molecular formula is C18H17FN4O. The van der Waals surface area contributed by atoms with Crippen molar-refractivity contribution in [2.24, 2.45) is 0 Å². The topological polar surface area (TPSA) is 59.8 Å². The Bertz CT molecular complexity index is 845. The third-order valence-corrected chi connectivity index (χ3v) is 3.60. The lowest BCUT2D eigenvalue weighted by Crippen LogP contribution is -2.28. The van der Waals surface area contributed by atoms with Gasteiger partial charge in [-0.05, 0) is 24.6 Å². The van der Waals surface area contributed by atoms with E-state index in [9.17, 15) is 9.18 Å². The fraction of sp³-hybridized carbons (Fsp3) is 0.167. The van der Waals surface area contributed by atoms with Crippen LogP contribution in [0.2, 0.25) is 0 Å². The SMILES string of the molecule is Cc1ccc(C(=O)NCCn2cc(-c3ccccc3)nn2)c(F)c1. The Morgan fingerprint density at radius 3 is 2.75 bits per heavy atom. The number of hydrogen-bond donors (Lipinski definition) is 1. The molecule has 3 aromatic rings. The summed E-state index contributed by atoms with van der Waals surface area (Å²) >= 11 is 0. The van der Waals surface area contributed by atoms with Crippen molar-refractivity contribution in [3.63, 3.8) is 0 Å². The van der Waals surface area contributed by atoms with E-state index in [1.807, 2.05) is 36.5 Å². The summed E-state index contributed by atoms with van der Waals surface area (Å²) in [7, 11) is 0. The monoisotopic (exact) mass is 324 g/mol. The van der Waals surface area contributed by atoms with Gasteiger partial charge in [0.15, 0.2) is 0 Å². The Morgan fingerprint density at radius 2 is 2.00 bits per heavy atom. The van der Waals surface area contributed by atoms with Crippen molar-refractivity contribution in [2.45, 2.75) is 13.5 Å². The maximum absolute atomic E-state index is 13.8. The Morgan fingerprint density at radius 1 is 1.21 bits per heavy atom. The van der Waals surface area contributed by atoms with E-state index in [-0.39, 0.29) is 5.56 Å². The van der Waals surface area contributed by atoms with Crippen LogP contribution in [0.3, 0.4) is 0 Å². The number of nitrogens with one attached hydrogen (secondary N) is 1. The van der Waals surface area contributed by atoms with E-state index in [1.165, 1.54) is 12.1 Å². The van der Waals surface area contributed by atoms with E-state index in [4.69, 9.17) is 0 Å². The minimum Gasteiger partial charge on any atom is -0.350 e. The van der Waals surface area contributed by atoms with Gasteiger partial charge in [-0.25, -0.2) is 4.39 Å². The highest BCUT2D eigenvalue weighted by molar-refractivity contribution is 5.94. The lowest BCUT2D eigenvalue weighted by Gasteiger charge is -2.06. The normalized spacial score (nSPS) is 10.6. The molecule has 0 aliphatic heterocycles. The molecule has 122 valence electrons. The van der Waals surface area contributed by atoms with Gasteiger partial charge in [-0.15, -0.1) is 5.10 Å². The van der Waals surface area contributed by atoms with Crippen molar-refractivity contribution in [3.05, 3.63) is 71.7 Å². The van der Waals surface area contributed by atoms with Crippen LogP contribution in [0.1, 0.15) is 15.9 Å². The molecule has 2 aromatic carbocycles. The Labute approximate surface area is 139 Å². The van der Waals surface area contributed by atoms with Gasteiger partial charge >= 0.3 is 0 Å². The first-order valence-electron chi connectivity index (χ1n) is 7.63. The smallest absolute Gasteiger partial charge is 0.254 e. The molecule has 0 spiro atoms. The Hall–Kier alpha value is -3.02. The number of rotatable bonds is 5. The van der Waals surface area contributed by atoms with Gasteiger partial charge in [0.2, 0.25) is 0 Å². The van der Waals surface area contributed by atoms with E-state index in [0.717, 1.165) is 16.8 Å². The molecule has 1 amide bonds. The molecule has 5 nitrogen and oxygen atoms in total. The second-order valence-corrected chi connectivity index (χ2v) is 5.47. The van der Waals surface area contributed by atoms with Crippen molar-refractivity contribution in [1.82, 2.24) is 20.3 Å². The van der Waals surface area contributed by atoms with Crippen LogP contribution in [0.5, 0.6) is 0 Å². The average molecular weight is 324 g/mol. The molecule has 0 saturated heterocycles. The number of benzene rings is 2. The molecule has 3 rings (SSSR count). The predicted octanol–water partition coefficient (Wildman–Crippen LogP) is 2.82. The van der Waals surface area contributed by atoms with Gasteiger partial charge in [0.05, 0.1) is 18.3 Å². The molecule has 0 unspecified atom stereocenters. The van der Waals surface area contributed by atoms with E-state index >= 15 is 0 Å². The summed E-state index contributed by atoms with van der Waals surface area (Å²) in [6.45, 7) is 2.57. The van der Waals surface area contributed by atoms with Gasteiger partial charge < -0.3 is 5.32 Å². The van der Waals surface area contributed by atoms with Gasteiger partial charge in [-0.3, -0.25) is 9.48 Å². The third kappa shape index (κ3) is 3.65. The van der Waals surface area contributed by atoms with Gasteiger partial charge in [0.1, 0.15) is 11.5 Å². The lowest BCUT2D eigenvalue weighted by atomic mass is 10.1. The summed E-state index contributed by atoms with van der Waals surface area (Å²) in [5.41, 5.74) is 2.57. The van der Waals surface area contributed by atoms with Crippen LogP contribution < -0.4 is 5.32 Å². The summed E-state index contributed by atoms with van der Waals surface area (Å²) in [6, 6.07) is 14.3. The van der Waals surface area contributed by atoms with Gasteiger partial charge in [-0.1, -0.05) is 41.6 Å². The fourth-order valence-electron chi connectivity index (χ4n) is 2.33. The van der Waals surface area contributed by atoms with E-state index in [1.54, 1.807) is 17.7 Å². The minimum absolute atomic E-state index is 0.0455. The number of carbonyl (C=O) groups excluding carboxylic acids is 1. The molecule has 1 heterocycles. The first-order chi connectivity index (χ1) is 11.6. The Kier molecular flexibility index (Phi) is 4.65. The molecule has 0 aliphatic carbocycles. The molecule has 0 fully saturated rings. The van der Waals surface area contributed by atoms with E-state index < -0.39 is 11.7 Å². The molecule has 0 radical (unpaired) electrons. The van der Waals surface area contributed by atoms with Crippen LogP contribution in [0.15, 0.2) is 54.7 Å². The van der Waals surface area contributed by atoms with Crippen molar-refractivity contribution in [3.8, 4) is 11.3 Å². The molecule has 0 saturated carbocycles. The summed E-state index contributed by atoms with van der Waals surface area (Å²) in [5, 5.41) is 10.8. The van der Waals surface area contributed by atoms with Crippen molar-refractivity contribution < 1.29 is 9.18 Å². The van der Waals surface area contributed by atoms with Crippen LogP contribution in [0.4, 0.5) is 4.39 Å². The molecular weight excluding hydrogens is 307 g/mol. The standard InChI is InChI=1S/C18H17FN4O/c1-13-7-8-15(16(19)11-13)18(24)20-9-10-23-12-17(21-22-23)14-5-3-2-4-6-14/h2-8,11-12H,9-10H2,1H3,(H,20,24). The largest absolute Gasteiger partial charge is 0.350 e. The van der Waals surface area contributed by atoms with Crippen molar-refractivity contribution in [2.75, 3.05) is 6.54 Å². The zero-order valence-corrected chi connectivity index (χ0v) is 13.2. The molecule has 6 heteroatoms. The summed E-state index contributed by atoms with van der Waals surface area (Å²) in [4.78, 5) is 12.0. The zero-order valence-electron chi connectivity index (χ0n) is 13.2. The maximum atomic E-state index is 13.8. The van der Waals surface area contributed by atoms with Crippen LogP contribution in [0, 0.1) is 12.7 Å². The molecule has 0 aliphatic rings. The first kappa shape index (κ1) is 15.9. The molecule has 0 bridgehead atoms. The number of hydrogen-bond acceptors (Lipinski definition) is 3.